The van der Waals surface area contributed by atoms with Gasteiger partial charge in [0.05, 0.1) is 12.7 Å². The number of nitrogens with zero attached hydrogens (tertiary/aromatic N) is 1. The molecule has 0 saturated carbocycles. The van der Waals surface area contributed by atoms with Crippen LogP contribution >= 0.6 is 77.4 Å². The highest BCUT2D eigenvalue weighted by molar-refractivity contribution is 7.48. The van der Waals surface area contributed by atoms with Crippen LogP contribution in [-0.4, -0.2) is 43.1 Å². The lowest BCUT2D eigenvalue weighted by Gasteiger charge is -2.23. The van der Waals surface area contributed by atoms with Gasteiger partial charge in [0.25, 0.3) is 5.56 Å². The highest BCUT2D eigenvalue weighted by Crippen LogP contribution is 2.53. The summed E-state index contributed by atoms with van der Waals surface area (Å²) >= 11 is 33.5. The maximum atomic E-state index is 12.7. The maximum Gasteiger partial charge on any atom is 0.475 e. The monoisotopic (exact) mass is 552 g/mol. The minimum absolute atomic E-state index is 0.244. The normalized spacial score (nSPS) is 20.9. The fourth-order valence-electron chi connectivity index (χ4n) is 2.26. The zero-order chi connectivity index (χ0) is 21.9. The molecule has 1 N–H and O–H groups in total. The van der Waals surface area contributed by atoms with Crippen molar-refractivity contribution >= 4 is 77.4 Å². The van der Waals surface area contributed by atoms with Gasteiger partial charge in [-0.2, -0.15) is 0 Å². The largest absolute Gasteiger partial charge is 0.475 e. The molecular formula is C13H15Cl6N2O7P. The van der Waals surface area contributed by atoms with Crippen LogP contribution in [0.25, 0.3) is 0 Å². The summed E-state index contributed by atoms with van der Waals surface area (Å²) in [6, 6.07) is 1.19. The predicted molar refractivity (Wildman–Crippen MR) is 111 cm³/mol. The van der Waals surface area contributed by atoms with Gasteiger partial charge in [0.2, 0.25) is 7.59 Å². The predicted octanol–water partition coefficient (Wildman–Crippen LogP) is 4.11. The molecule has 0 aromatic carbocycles. The number of nitrogens with one attached hydrogen (secondary N) is 1. The van der Waals surface area contributed by atoms with Crippen LogP contribution in [0.2, 0.25) is 0 Å². The Morgan fingerprint density at radius 1 is 1.07 bits per heavy atom. The molecule has 16 heteroatoms. The van der Waals surface area contributed by atoms with Crippen molar-refractivity contribution in [3.05, 3.63) is 33.1 Å². The van der Waals surface area contributed by atoms with Gasteiger partial charge in [0.15, 0.2) is 0 Å². The molecule has 1 aliphatic heterocycles. The summed E-state index contributed by atoms with van der Waals surface area (Å²) in [6.07, 6.45) is 0.990. The summed E-state index contributed by atoms with van der Waals surface area (Å²) < 4.78 is 31.1. The smallest absolute Gasteiger partial charge is 0.352 e. The number of phosphoric ester groups is 1. The Labute approximate surface area is 195 Å². The third-order valence-electron chi connectivity index (χ3n) is 3.44. The van der Waals surface area contributed by atoms with E-state index in [-0.39, 0.29) is 6.61 Å². The fraction of sp³-hybridized carbons (Fsp3) is 0.692. The van der Waals surface area contributed by atoms with Crippen LogP contribution in [0.3, 0.4) is 0 Å². The van der Waals surface area contributed by atoms with Crippen molar-refractivity contribution < 1.29 is 22.9 Å². The molecule has 166 valence electrons. The maximum absolute atomic E-state index is 12.7. The molecule has 0 radical (unpaired) electrons. The number of rotatable bonds is 8. The van der Waals surface area contributed by atoms with Crippen molar-refractivity contribution in [2.75, 3.05) is 19.8 Å². The number of alkyl halides is 6. The first-order chi connectivity index (χ1) is 13.3. The van der Waals surface area contributed by atoms with Crippen LogP contribution in [-0.2, 0) is 22.9 Å². The SMILES string of the molecule is O=c1ccn([C@H]2CC[C@@H](COP(=O)(OCC(Cl)(Cl)Cl)OCC(Cl)(Cl)Cl)O2)c(=O)[nH]1. The van der Waals surface area contributed by atoms with Crippen LogP contribution in [0.5, 0.6) is 0 Å². The van der Waals surface area contributed by atoms with E-state index in [2.05, 4.69) is 4.98 Å². The molecule has 1 aliphatic rings. The van der Waals surface area contributed by atoms with Gasteiger partial charge in [-0.3, -0.25) is 27.9 Å². The van der Waals surface area contributed by atoms with Gasteiger partial charge in [0.1, 0.15) is 19.4 Å². The van der Waals surface area contributed by atoms with Crippen LogP contribution in [0, 0.1) is 0 Å². The van der Waals surface area contributed by atoms with E-state index in [0.717, 1.165) is 0 Å². The molecule has 0 aliphatic carbocycles. The number of hydrogen-bond donors (Lipinski definition) is 1. The average Bonchev–Trinajstić information content (AvgIpc) is 3.04. The lowest BCUT2D eigenvalue weighted by Crippen LogP contribution is -2.31. The van der Waals surface area contributed by atoms with E-state index in [1.165, 1.54) is 16.8 Å². The first-order valence-corrected chi connectivity index (χ1v) is 11.6. The minimum Gasteiger partial charge on any atom is -0.352 e. The van der Waals surface area contributed by atoms with Crippen LogP contribution in [0.15, 0.2) is 21.9 Å². The van der Waals surface area contributed by atoms with E-state index in [1.54, 1.807) is 0 Å². The molecule has 2 heterocycles. The number of ether oxygens (including phenoxy) is 1. The Hall–Kier alpha value is 0.490. The molecule has 9 nitrogen and oxygen atoms in total. The molecule has 2 rings (SSSR count). The number of phosphoric acid groups is 1. The quantitative estimate of drug-likeness (QED) is 0.380. The third kappa shape index (κ3) is 9.25. The second-order valence-electron chi connectivity index (χ2n) is 5.83. The number of aromatic amines is 1. The zero-order valence-corrected chi connectivity index (χ0v) is 19.8. The van der Waals surface area contributed by atoms with E-state index >= 15 is 0 Å². The summed E-state index contributed by atoms with van der Waals surface area (Å²) in [5, 5.41) is 0. The van der Waals surface area contributed by atoms with Crippen molar-refractivity contribution in [2.24, 2.45) is 0 Å². The third-order valence-corrected chi connectivity index (χ3v) is 5.45. The standard InChI is InChI=1S/C13H15Cl6N2O7P/c14-12(15,16)6-26-29(24,27-7-13(17,18)19)25-5-8-1-2-10(28-8)21-4-3-9(22)20-11(21)23/h3-4,8,10H,1-2,5-7H2,(H,20,22,23)/t8-,10+/m0/s1. The van der Waals surface area contributed by atoms with Crippen LogP contribution < -0.4 is 11.2 Å². The summed E-state index contributed by atoms with van der Waals surface area (Å²) in [6.45, 7) is -1.48. The molecule has 0 amide bonds. The van der Waals surface area contributed by atoms with Crippen LogP contribution in [0.4, 0.5) is 0 Å². The van der Waals surface area contributed by atoms with Gasteiger partial charge in [-0.05, 0) is 12.8 Å². The summed E-state index contributed by atoms with van der Waals surface area (Å²) in [5.41, 5.74) is -1.14. The van der Waals surface area contributed by atoms with E-state index in [0.29, 0.717) is 12.8 Å². The number of aromatic nitrogens is 2. The topological polar surface area (TPSA) is 109 Å². The molecule has 0 unspecified atom stereocenters. The summed E-state index contributed by atoms with van der Waals surface area (Å²) in [5.74, 6) is 0. The number of halogens is 6. The minimum atomic E-state index is -4.28. The zero-order valence-electron chi connectivity index (χ0n) is 14.4. The second-order valence-corrected chi connectivity index (χ2v) is 12.5. The molecule has 1 saturated heterocycles. The lowest BCUT2D eigenvalue weighted by molar-refractivity contribution is -0.0278. The highest BCUT2D eigenvalue weighted by atomic mass is 35.6. The van der Waals surface area contributed by atoms with Crippen molar-refractivity contribution in [3.63, 3.8) is 0 Å². The van der Waals surface area contributed by atoms with E-state index < -0.39 is 52.2 Å². The van der Waals surface area contributed by atoms with E-state index in [4.69, 9.17) is 87.9 Å². The second kappa shape index (κ2) is 10.4. The Balaban J connectivity index is 1.98. The van der Waals surface area contributed by atoms with Crippen molar-refractivity contribution in [1.29, 1.82) is 0 Å². The van der Waals surface area contributed by atoms with Gasteiger partial charge in [-0.15, -0.1) is 0 Å². The Bertz CT molecular complexity index is 830. The van der Waals surface area contributed by atoms with Gasteiger partial charge in [-0.1, -0.05) is 69.6 Å². The number of H-pyrrole nitrogens is 1. The van der Waals surface area contributed by atoms with Gasteiger partial charge in [0, 0.05) is 12.3 Å². The van der Waals surface area contributed by atoms with Crippen LogP contribution in [0.1, 0.15) is 19.1 Å². The Morgan fingerprint density at radius 3 is 2.17 bits per heavy atom. The highest BCUT2D eigenvalue weighted by Gasteiger charge is 2.37. The molecule has 1 aromatic heterocycles. The van der Waals surface area contributed by atoms with Crippen molar-refractivity contribution in [1.82, 2.24) is 9.55 Å². The first kappa shape index (κ1) is 25.7. The van der Waals surface area contributed by atoms with E-state index in [9.17, 15) is 14.2 Å². The van der Waals surface area contributed by atoms with E-state index in [1.807, 2.05) is 0 Å². The molecular weight excluding hydrogens is 540 g/mol. The van der Waals surface area contributed by atoms with Gasteiger partial charge in [-0.25, -0.2) is 9.36 Å². The molecule has 29 heavy (non-hydrogen) atoms. The van der Waals surface area contributed by atoms with Crippen molar-refractivity contribution in [2.45, 2.75) is 32.8 Å². The first-order valence-electron chi connectivity index (χ1n) is 7.90. The number of hydrogen-bond acceptors (Lipinski definition) is 7. The molecule has 2 atom stereocenters. The summed E-state index contributed by atoms with van der Waals surface area (Å²) in [4.78, 5) is 25.1. The molecule has 0 bridgehead atoms. The van der Waals surface area contributed by atoms with Gasteiger partial charge < -0.3 is 4.74 Å². The molecule has 0 spiro atoms. The average molecular weight is 555 g/mol. The molecule has 1 fully saturated rings. The van der Waals surface area contributed by atoms with Crippen molar-refractivity contribution in [3.8, 4) is 0 Å². The van der Waals surface area contributed by atoms with Gasteiger partial charge >= 0.3 is 13.5 Å². The Kier molecular flexibility index (Phi) is 9.24. The molecule has 1 aromatic rings. The Morgan fingerprint density at radius 2 is 1.66 bits per heavy atom. The lowest BCUT2D eigenvalue weighted by atomic mass is 10.2. The fourth-order valence-corrected chi connectivity index (χ4v) is 4.32. The summed E-state index contributed by atoms with van der Waals surface area (Å²) in [7, 11) is -4.28.